The van der Waals surface area contributed by atoms with Crippen LogP contribution in [0, 0.1) is 0 Å². The van der Waals surface area contributed by atoms with E-state index < -0.39 is 0 Å². The zero-order valence-electron chi connectivity index (χ0n) is 10.0. The van der Waals surface area contributed by atoms with Gasteiger partial charge in [-0.3, -0.25) is 0 Å². The van der Waals surface area contributed by atoms with Crippen molar-refractivity contribution >= 4 is 0 Å². The zero-order valence-corrected chi connectivity index (χ0v) is 10.0. The molecule has 1 aromatic carbocycles. The predicted octanol–water partition coefficient (Wildman–Crippen LogP) is 2.54. The Balaban J connectivity index is 1.63. The van der Waals surface area contributed by atoms with E-state index in [4.69, 9.17) is 4.42 Å². The van der Waals surface area contributed by atoms with Crippen LogP contribution in [0.4, 0.5) is 0 Å². The molecule has 0 unspecified atom stereocenters. The average molecular weight is 241 g/mol. The van der Waals surface area contributed by atoms with Crippen molar-refractivity contribution in [3.05, 3.63) is 48.4 Å². The van der Waals surface area contributed by atoms with Gasteiger partial charge in [-0.15, -0.1) is 10.2 Å². The molecule has 0 fully saturated rings. The van der Waals surface area contributed by atoms with Gasteiger partial charge in [0.2, 0.25) is 11.8 Å². The lowest BCUT2D eigenvalue weighted by Crippen LogP contribution is -2.25. The Hall–Kier alpha value is -1.94. The molecule has 0 saturated carbocycles. The van der Waals surface area contributed by atoms with E-state index in [0.717, 1.165) is 18.4 Å². The molecule has 2 aromatic rings. The fraction of sp³-hybridized carbons (Fsp3) is 0.286. The molecule has 0 bridgehead atoms. The molecular formula is C14H15N3O. The first-order valence-electron chi connectivity index (χ1n) is 6.18. The van der Waals surface area contributed by atoms with E-state index in [1.807, 2.05) is 30.3 Å². The largest absolute Gasteiger partial charge is 0.419 e. The molecule has 3 rings (SSSR count). The van der Waals surface area contributed by atoms with Gasteiger partial charge in [-0.1, -0.05) is 30.4 Å². The lowest BCUT2D eigenvalue weighted by molar-refractivity contribution is 0.445. The number of aromatic nitrogens is 2. The number of rotatable bonds is 4. The van der Waals surface area contributed by atoms with Crippen LogP contribution < -0.4 is 5.32 Å². The molecule has 1 aliphatic carbocycles. The molecular weight excluding hydrogens is 226 g/mol. The van der Waals surface area contributed by atoms with E-state index in [9.17, 15) is 0 Å². The van der Waals surface area contributed by atoms with Gasteiger partial charge in [-0.25, -0.2) is 0 Å². The van der Waals surface area contributed by atoms with Crippen LogP contribution in [0.15, 0.2) is 46.9 Å². The molecule has 1 heterocycles. The topological polar surface area (TPSA) is 51.0 Å². The summed E-state index contributed by atoms with van der Waals surface area (Å²) in [5.41, 5.74) is 0.957. The number of benzene rings is 1. The maximum atomic E-state index is 5.62. The summed E-state index contributed by atoms with van der Waals surface area (Å²) in [6.45, 7) is 0.631. The summed E-state index contributed by atoms with van der Waals surface area (Å²) in [5.74, 6) is 1.22. The van der Waals surface area contributed by atoms with Crippen LogP contribution in [0.2, 0.25) is 0 Å². The monoisotopic (exact) mass is 241 g/mol. The van der Waals surface area contributed by atoms with E-state index >= 15 is 0 Å². The Labute approximate surface area is 106 Å². The molecule has 4 heteroatoms. The van der Waals surface area contributed by atoms with Gasteiger partial charge in [-0.05, 0) is 25.0 Å². The number of nitrogens with zero attached hydrogens (tertiary/aromatic N) is 2. The molecule has 0 saturated heterocycles. The number of hydrogen-bond acceptors (Lipinski definition) is 4. The van der Waals surface area contributed by atoms with Crippen LogP contribution in [0.1, 0.15) is 18.7 Å². The zero-order chi connectivity index (χ0) is 12.2. The van der Waals surface area contributed by atoms with Crippen molar-refractivity contribution in [3.63, 3.8) is 0 Å². The minimum absolute atomic E-state index is 0.511. The Kier molecular flexibility index (Phi) is 3.19. The average Bonchev–Trinajstić information content (AvgIpc) is 3.09. The second-order valence-corrected chi connectivity index (χ2v) is 4.39. The highest BCUT2D eigenvalue weighted by atomic mass is 16.4. The maximum absolute atomic E-state index is 5.62. The van der Waals surface area contributed by atoms with Crippen LogP contribution in [0.25, 0.3) is 11.5 Å². The van der Waals surface area contributed by atoms with Gasteiger partial charge in [0, 0.05) is 11.6 Å². The van der Waals surface area contributed by atoms with Crippen LogP contribution >= 0.6 is 0 Å². The third-order valence-corrected chi connectivity index (χ3v) is 3.04. The van der Waals surface area contributed by atoms with Crippen LogP contribution in [0.5, 0.6) is 0 Å². The van der Waals surface area contributed by atoms with Crippen molar-refractivity contribution in [2.45, 2.75) is 25.4 Å². The van der Waals surface area contributed by atoms with Crippen molar-refractivity contribution in [2.75, 3.05) is 0 Å². The summed E-state index contributed by atoms with van der Waals surface area (Å²) in [7, 11) is 0. The molecule has 0 radical (unpaired) electrons. The molecule has 18 heavy (non-hydrogen) atoms. The maximum Gasteiger partial charge on any atom is 0.247 e. The van der Waals surface area contributed by atoms with E-state index in [1.165, 1.54) is 0 Å². The normalized spacial score (nSPS) is 15.3. The Morgan fingerprint density at radius 2 is 1.89 bits per heavy atom. The lowest BCUT2D eigenvalue weighted by Gasteiger charge is -2.08. The highest BCUT2D eigenvalue weighted by Crippen LogP contribution is 2.17. The molecule has 0 aliphatic heterocycles. The third-order valence-electron chi connectivity index (χ3n) is 3.04. The quantitative estimate of drug-likeness (QED) is 0.836. The smallest absolute Gasteiger partial charge is 0.247 e. The van der Waals surface area contributed by atoms with Crippen molar-refractivity contribution in [2.24, 2.45) is 0 Å². The summed E-state index contributed by atoms with van der Waals surface area (Å²) in [6.07, 6.45) is 6.56. The molecule has 92 valence electrons. The SMILES string of the molecule is C1=CCC(NCc2nnc(-c3ccccc3)o2)C1. The molecule has 0 atom stereocenters. The van der Waals surface area contributed by atoms with Crippen molar-refractivity contribution in [1.82, 2.24) is 15.5 Å². The summed E-state index contributed by atoms with van der Waals surface area (Å²) < 4.78 is 5.62. The third kappa shape index (κ3) is 2.49. The number of nitrogens with one attached hydrogen (secondary N) is 1. The highest BCUT2D eigenvalue weighted by Gasteiger charge is 2.12. The fourth-order valence-electron chi connectivity index (χ4n) is 2.04. The summed E-state index contributed by atoms with van der Waals surface area (Å²) >= 11 is 0. The van der Waals surface area contributed by atoms with Crippen LogP contribution in [0.3, 0.4) is 0 Å². The summed E-state index contributed by atoms with van der Waals surface area (Å²) in [6, 6.07) is 10.3. The van der Waals surface area contributed by atoms with E-state index in [-0.39, 0.29) is 0 Å². The van der Waals surface area contributed by atoms with Gasteiger partial charge in [-0.2, -0.15) is 0 Å². The van der Waals surface area contributed by atoms with Gasteiger partial charge in [0.15, 0.2) is 0 Å². The van der Waals surface area contributed by atoms with Crippen molar-refractivity contribution in [3.8, 4) is 11.5 Å². The molecule has 1 N–H and O–H groups in total. The highest BCUT2D eigenvalue weighted by molar-refractivity contribution is 5.51. The first-order valence-corrected chi connectivity index (χ1v) is 6.18. The first-order chi connectivity index (χ1) is 8.92. The van der Waals surface area contributed by atoms with Crippen LogP contribution in [-0.4, -0.2) is 16.2 Å². The Morgan fingerprint density at radius 1 is 1.11 bits per heavy atom. The molecule has 1 aromatic heterocycles. The first kappa shape index (κ1) is 11.2. The van der Waals surface area contributed by atoms with Gasteiger partial charge in [0.05, 0.1) is 6.54 Å². The van der Waals surface area contributed by atoms with Gasteiger partial charge >= 0.3 is 0 Å². The Bertz CT molecular complexity index is 525. The standard InChI is InChI=1S/C14H15N3O/c1-2-6-11(7-3-1)14-17-16-13(18-14)10-15-12-8-4-5-9-12/h1-7,12,15H,8-10H2. The molecule has 0 spiro atoms. The van der Waals surface area contributed by atoms with Gasteiger partial charge in [0.1, 0.15) is 0 Å². The van der Waals surface area contributed by atoms with Gasteiger partial charge < -0.3 is 9.73 Å². The Morgan fingerprint density at radius 3 is 2.67 bits per heavy atom. The minimum atomic E-state index is 0.511. The lowest BCUT2D eigenvalue weighted by atomic mass is 10.2. The fourth-order valence-corrected chi connectivity index (χ4v) is 2.04. The second kappa shape index (κ2) is 5.14. The molecule has 0 amide bonds. The molecule has 1 aliphatic rings. The van der Waals surface area contributed by atoms with E-state index in [0.29, 0.717) is 24.4 Å². The molecule has 4 nitrogen and oxygen atoms in total. The summed E-state index contributed by atoms with van der Waals surface area (Å²) in [4.78, 5) is 0. The van der Waals surface area contributed by atoms with Crippen molar-refractivity contribution < 1.29 is 4.42 Å². The minimum Gasteiger partial charge on any atom is -0.419 e. The van der Waals surface area contributed by atoms with E-state index in [1.54, 1.807) is 0 Å². The van der Waals surface area contributed by atoms with Gasteiger partial charge in [0.25, 0.3) is 0 Å². The summed E-state index contributed by atoms with van der Waals surface area (Å²) in [5, 5.41) is 11.5. The van der Waals surface area contributed by atoms with Crippen molar-refractivity contribution in [1.29, 1.82) is 0 Å². The number of hydrogen-bond donors (Lipinski definition) is 1. The van der Waals surface area contributed by atoms with Crippen LogP contribution in [-0.2, 0) is 6.54 Å². The second-order valence-electron chi connectivity index (χ2n) is 4.39. The predicted molar refractivity (Wildman–Crippen MR) is 68.7 cm³/mol. The van der Waals surface area contributed by atoms with E-state index in [2.05, 4.69) is 27.7 Å².